The van der Waals surface area contributed by atoms with Crippen molar-refractivity contribution in [3.63, 3.8) is 0 Å². The zero-order chi connectivity index (χ0) is 18.9. The summed E-state index contributed by atoms with van der Waals surface area (Å²) in [7, 11) is 1.69. The molecule has 1 aromatic carbocycles. The molecule has 0 radical (unpaired) electrons. The first kappa shape index (κ1) is 20.2. The van der Waals surface area contributed by atoms with E-state index in [1.54, 1.807) is 18.4 Å². The highest BCUT2D eigenvalue weighted by atomic mass is 32.1. The van der Waals surface area contributed by atoms with Gasteiger partial charge in [-0.15, -0.1) is 11.3 Å². The molecule has 26 heavy (non-hydrogen) atoms. The highest BCUT2D eigenvalue weighted by molar-refractivity contribution is 7.11. The van der Waals surface area contributed by atoms with Gasteiger partial charge >= 0.3 is 0 Å². The largest absolute Gasteiger partial charge is 0.497 e. The van der Waals surface area contributed by atoms with Crippen LogP contribution in [0.1, 0.15) is 47.3 Å². The molecule has 0 bridgehead atoms. The molecule has 2 rings (SSSR count). The highest BCUT2D eigenvalue weighted by Crippen LogP contribution is 2.21. The Hall–Kier alpha value is -2.08. The summed E-state index contributed by atoms with van der Waals surface area (Å²) < 4.78 is 5.22. The van der Waals surface area contributed by atoms with Gasteiger partial charge in [0.05, 0.1) is 19.3 Å². The van der Waals surface area contributed by atoms with Crippen molar-refractivity contribution in [2.45, 2.75) is 46.6 Å². The van der Waals surface area contributed by atoms with Crippen LogP contribution in [0.4, 0.5) is 0 Å². The highest BCUT2D eigenvalue weighted by Gasteiger charge is 2.07. The van der Waals surface area contributed by atoms with Crippen LogP contribution in [0.15, 0.2) is 29.3 Å². The summed E-state index contributed by atoms with van der Waals surface area (Å²) >= 11 is 1.72. The van der Waals surface area contributed by atoms with Crippen LogP contribution in [0.25, 0.3) is 0 Å². The van der Waals surface area contributed by atoms with Crippen LogP contribution >= 0.6 is 11.3 Å². The van der Waals surface area contributed by atoms with E-state index in [0.717, 1.165) is 41.9 Å². The topological polar surface area (TPSA) is 58.5 Å². The molecule has 2 N–H and O–H groups in total. The first-order valence-corrected chi connectivity index (χ1v) is 9.94. The number of methoxy groups -OCH3 is 1. The van der Waals surface area contributed by atoms with Crippen LogP contribution in [-0.2, 0) is 6.54 Å². The Morgan fingerprint density at radius 2 is 1.96 bits per heavy atom. The summed E-state index contributed by atoms with van der Waals surface area (Å²) in [6, 6.07) is 8.30. The lowest BCUT2D eigenvalue weighted by Gasteiger charge is -2.15. The molecule has 0 aliphatic rings. The van der Waals surface area contributed by atoms with Crippen molar-refractivity contribution < 1.29 is 4.74 Å². The molecule has 0 amide bonds. The van der Waals surface area contributed by atoms with Crippen LogP contribution in [0, 0.1) is 13.8 Å². The van der Waals surface area contributed by atoms with Gasteiger partial charge in [0.15, 0.2) is 5.96 Å². The van der Waals surface area contributed by atoms with E-state index in [1.807, 2.05) is 19.1 Å². The predicted octanol–water partition coefficient (Wildman–Crippen LogP) is 4.02. The maximum Gasteiger partial charge on any atom is 0.191 e. The number of aromatic nitrogens is 1. The van der Waals surface area contributed by atoms with Crippen molar-refractivity contribution in [3.05, 3.63) is 45.4 Å². The van der Waals surface area contributed by atoms with Crippen molar-refractivity contribution in [1.82, 2.24) is 15.6 Å². The summed E-state index contributed by atoms with van der Waals surface area (Å²) in [6.45, 7) is 10.8. The van der Waals surface area contributed by atoms with Crippen molar-refractivity contribution in [1.29, 1.82) is 0 Å². The maximum atomic E-state index is 5.22. The third-order valence-corrected chi connectivity index (χ3v) is 5.40. The van der Waals surface area contributed by atoms with E-state index in [4.69, 9.17) is 4.74 Å². The molecule has 1 heterocycles. The molecule has 1 atom stereocenters. The van der Waals surface area contributed by atoms with Gasteiger partial charge in [0.25, 0.3) is 0 Å². The van der Waals surface area contributed by atoms with Crippen molar-refractivity contribution in [3.8, 4) is 5.75 Å². The number of nitrogens with zero attached hydrogens (tertiary/aromatic N) is 2. The Labute approximate surface area is 160 Å². The van der Waals surface area contributed by atoms with Gasteiger partial charge in [-0.05, 0) is 50.8 Å². The van der Waals surface area contributed by atoms with E-state index >= 15 is 0 Å². The molecule has 0 fully saturated rings. The van der Waals surface area contributed by atoms with Gasteiger partial charge in [-0.2, -0.15) is 0 Å². The first-order valence-electron chi connectivity index (χ1n) is 9.12. The van der Waals surface area contributed by atoms with Crippen molar-refractivity contribution in [2.24, 2.45) is 4.99 Å². The van der Waals surface area contributed by atoms with Crippen LogP contribution in [-0.4, -0.2) is 31.1 Å². The van der Waals surface area contributed by atoms with Gasteiger partial charge in [0.1, 0.15) is 10.8 Å². The number of guanidine groups is 1. The quantitative estimate of drug-likeness (QED) is 0.541. The summed E-state index contributed by atoms with van der Waals surface area (Å²) in [5.41, 5.74) is 2.43. The number of aliphatic imine (C=N–C) groups is 1. The molecular formula is C20H30N4OS. The third-order valence-electron chi connectivity index (χ3n) is 4.34. The summed E-state index contributed by atoms with van der Waals surface area (Å²) in [5, 5.41) is 7.79. The fourth-order valence-electron chi connectivity index (χ4n) is 2.60. The average molecular weight is 375 g/mol. The minimum atomic E-state index is 0.473. The lowest BCUT2D eigenvalue weighted by atomic mass is 9.98. The van der Waals surface area contributed by atoms with Gasteiger partial charge in [-0.3, -0.25) is 0 Å². The molecular weight excluding hydrogens is 344 g/mol. The molecule has 2 aromatic rings. The maximum absolute atomic E-state index is 5.22. The molecule has 1 aromatic heterocycles. The molecule has 0 saturated carbocycles. The second-order valence-electron chi connectivity index (χ2n) is 6.33. The average Bonchev–Trinajstić information content (AvgIpc) is 2.97. The van der Waals surface area contributed by atoms with Gasteiger partial charge in [-0.25, -0.2) is 9.98 Å². The van der Waals surface area contributed by atoms with Crippen LogP contribution in [0.3, 0.4) is 0 Å². The molecule has 0 spiro atoms. The standard InChI is InChI=1S/C20H30N4OS/c1-6-21-20(23-13-19-24-15(3)16(4)26-19)22-12-11-14(2)17-7-9-18(25-5)10-8-17/h7-10,14H,6,11-13H2,1-5H3,(H2,21,22,23). The van der Waals surface area contributed by atoms with Crippen molar-refractivity contribution in [2.75, 3.05) is 20.2 Å². The third kappa shape index (κ3) is 6.02. The molecule has 142 valence electrons. The first-order chi connectivity index (χ1) is 12.5. The number of hydrogen-bond donors (Lipinski definition) is 2. The molecule has 1 unspecified atom stereocenters. The summed E-state index contributed by atoms with van der Waals surface area (Å²) in [6.07, 6.45) is 1.03. The number of aryl methyl sites for hydroxylation is 2. The fourth-order valence-corrected chi connectivity index (χ4v) is 3.46. The predicted molar refractivity (Wildman–Crippen MR) is 110 cm³/mol. The second-order valence-corrected chi connectivity index (χ2v) is 7.62. The number of ether oxygens (including phenoxy) is 1. The van der Waals surface area contributed by atoms with Gasteiger partial charge in [0.2, 0.25) is 0 Å². The van der Waals surface area contributed by atoms with Crippen molar-refractivity contribution >= 4 is 17.3 Å². The van der Waals surface area contributed by atoms with Crippen LogP contribution in [0.2, 0.25) is 0 Å². The van der Waals surface area contributed by atoms with Gasteiger partial charge in [-0.1, -0.05) is 19.1 Å². The molecule has 5 nitrogen and oxygen atoms in total. The number of nitrogens with one attached hydrogen (secondary N) is 2. The Kier molecular flexibility index (Phi) is 7.91. The van der Waals surface area contributed by atoms with E-state index < -0.39 is 0 Å². The van der Waals surface area contributed by atoms with E-state index in [-0.39, 0.29) is 0 Å². The molecule has 0 aliphatic carbocycles. The SMILES string of the molecule is CCNC(=NCc1nc(C)c(C)s1)NCCC(C)c1ccc(OC)cc1. The normalized spacial score (nSPS) is 12.7. The molecule has 0 aliphatic heterocycles. The van der Waals surface area contributed by atoms with Crippen LogP contribution in [0.5, 0.6) is 5.75 Å². The molecule has 6 heteroatoms. The number of thiazole rings is 1. The van der Waals surface area contributed by atoms with Gasteiger partial charge < -0.3 is 15.4 Å². The van der Waals surface area contributed by atoms with E-state index in [0.29, 0.717) is 12.5 Å². The summed E-state index contributed by atoms with van der Waals surface area (Å²) in [5.74, 6) is 2.22. The van der Waals surface area contributed by atoms with E-state index in [1.165, 1.54) is 10.4 Å². The Morgan fingerprint density at radius 1 is 1.23 bits per heavy atom. The zero-order valence-corrected chi connectivity index (χ0v) is 17.2. The van der Waals surface area contributed by atoms with E-state index in [9.17, 15) is 0 Å². The van der Waals surface area contributed by atoms with Gasteiger partial charge in [0, 0.05) is 18.0 Å². The molecule has 0 saturated heterocycles. The van der Waals surface area contributed by atoms with Crippen LogP contribution < -0.4 is 15.4 Å². The Bertz CT molecular complexity index is 690. The Morgan fingerprint density at radius 3 is 2.54 bits per heavy atom. The monoisotopic (exact) mass is 374 g/mol. The minimum Gasteiger partial charge on any atom is -0.497 e. The number of rotatable bonds is 8. The minimum absolute atomic E-state index is 0.473. The number of hydrogen-bond acceptors (Lipinski definition) is 4. The zero-order valence-electron chi connectivity index (χ0n) is 16.4. The Balaban J connectivity index is 1.85. The van der Waals surface area contributed by atoms with E-state index in [2.05, 4.69) is 53.5 Å². The lowest BCUT2D eigenvalue weighted by Crippen LogP contribution is -2.38. The fraction of sp³-hybridized carbons (Fsp3) is 0.500. The lowest BCUT2D eigenvalue weighted by molar-refractivity contribution is 0.414. The second kappa shape index (κ2) is 10.2. The summed E-state index contributed by atoms with van der Waals surface area (Å²) in [4.78, 5) is 10.5. The number of benzene rings is 1. The smallest absolute Gasteiger partial charge is 0.191 e.